The van der Waals surface area contributed by atoms with E-state index in [1.54, 1.807) is 0 Å². The number of morpholine rings is 1. The molecule has 0 radical (unpaired) electrons. The fraction of sp³-hybridized carbons (Fsp3) is 0.342. The van der Waals surface area contributed by atoms with Gasteiger partial charge in [-0.1, -0.05) is 104 Å². The molecule has 8 nitrogen and oxygen atoms in total. The lowest BCUT2D eigenvalue weighted by molar-refractivity contribution is 0.0361. The van der Waals surface area contributed by atoms with Crippen LogP contribution in [0, 0.1) is 0 Å². The number of imidazole rings is 1. The monoisotopic (exact) mass is 617 g/mol. The van der Waals surface area contributed by atoms with Gasteiger partial charge >= 0.3 is 6.09 Å². The maximum absolute atomic E-state index is 14.0. The fourth-order valence-corrected chi connectivity index (χ4v) is 5.90. The lowest BCUT2D eigenvalue weighted by Crippen LogP contribution is -2.40. The molecular formula is C38H43N5O3. The van der Waals surface area contributed by atoms with Gasteiger partial charge in [-0.2, -0.15) is 0 Å². The molecule has 1 aliphatic rings. The number of benzene rings is 3. The van der Waals surface area contributed by atoms with Gasteiger partial charge in [0, 0.05) is 57.3 Å². The summed E-state index contributed by atoms with van der Waals surface area (Å²) in [6.45, 7) is 7.78. The smallest absolute Gasteiger partial charge is 0.391 e. The van der Waals surface area contributed by atoms with E-state index < -0.39 is 0 Å². The molecule has 2 aromatic heterocycles. The van der Waals surface area contributed by atoms with Crippen molar-refractivity contribution in [2.24, 2.45) is 0 Å². The van der Waals surface area contributed by atoms with E-state index in [1.165, 1.54) is 0 Å². The average Bonchev–Trinajstić information content (AvgIpc) is 3.44. The van der Waals surface area contributed by atoms with E-state index in [-0.39, 0.29) is 6.09 Å². The zero-order valence-electron chi connectivity index (χ0n) is 26.7. The van der Waals surface area contributed by atoms with E-state index in [0.29, 0.717) is 43.2 Å². The number of carbonyl (C=O) groups is 1. The minimum absolute atomic E-state index is 0.339. The highest BCUT2D eigenvalue weighted by molar-refractivity contribution is 5.72. The lowest BCUT2D eigenvalue weighted by atomic mass is 10.1. The standard InChI is InChI=1S/C38H43N5O3/c1-2-3-21-42(22-13-20-41-23-25-45-26-24-41)38(44)46-37-34(28-31-16-9-5-10-17-31)40-36-33(27-30-14-7-4-8-15-30)39-35(29-43(36)37)32-18-11-6-12-19-32/h4-12,14-19,29H,2-3,13,20-28H2,1H3. The number of fused-ring (bicyclic) bond motifs is 1. The van der Waals surface area contributed by atoms with Gasteiger partial charge in [-0.05, 0) is 24.0 Å². The summed E-state index contributed by atoms with van der Waals surface area (Å²) in [7, 11) is 0. The lowest BCUT2D eigenvalue weighted by Gasteiger charge is -2.28. The minimum atomic E-state index is -0.339. The van der Waals surface area contributed by atoms with E-state index in [1.807, 2.05) is 70.1 Å². The fourth-order valence-electron chi connectivity index (χ4n) is 5.90. The molecule has 0 spiro atoms. The van der Waals surface area contributed by atoms with Gasteiger partial charge in [-0.15, -0.1) is 0 Å². The first-order chi connectivity index (χ1) is 22.7. The molecule has 0 saturated carbocycles. The third kappa shape index (κ3) is 8.00. The molecule has 0 atom stereocenters. The summed E-state index contributed by atoms with van der Waals surface area (Å²) in [6.07, 6.45) is 5.54. The number of hydrogen-bond acceptors (Lipinski definition) is 6. The minimum Gasteiger partial charge on any atom is -0.391 e. The van der Waals surface area contributed by atoms with Crippen LogP contribution in [0.15, 0.2) is 97.2 Å². The van der Waals surface area contributed by atoms with Crippen LogP contribution in [-0.2, 0) is 17.6 Å². The summed E-state index contributed by atoms with van der Waals surface area (Å²) < 4.78 is 13.8. The molecule has 1 amide bonds. The van der Waals surface area contributed by atoms with Crippen LogP contribution in [0.3, 0.4) is 0 Å². The van der Waals surface area contributed by atoms with Crippen molar-refractivity contribution in [3.8, 4) is 17.1 Å². The second-order valence-electron chi connectivity index (χ2n) is 11.8. The Morgan fingerprint density at radius 2 is 1.41 bits per heavy atom. The van der Waals surface area contributed by atoms with Crippen LogP contribution in [0.4, 0.5) is 4.79 Å². The van der Waals surface area contributed by atoms with E-state index in [2.05, 4.69) is 48.2 Å². The Balaban J connectivity index is 1.37. The first-order valence-corrected chi connectivity index (χ1v) is 16.5. The van der Waals surface area contributed by atoms with Gasteiger partial charge in [0.15, 0.2) is 5.65 Å². The van der Waals surface area contributed by atoms with E-state index >= 15 is 0 Å². The molecule has 8 heteroatoms. The van der Waals surface area contributed by atoms with Gasteiger partial charge in [-0.25, -0.2) is 14.8 Å². The van der Waals surface area contributed by atoms with Gasteiger partial charge in [0.25, 0.3) is 0 Å². The van der Waals surface area contributed by atoms with Crippen molar-refractivity contribution >= 4 is 11.7 Å². The van der Waals surface area contributed by atoms with E-state index in [4.69, 9.17) is 19.4 Å². The molecule has 46 heavy (non-hydrogen) atoms. The van der Waals surface area contributed by atoms with Crippen LogP contribution >= 0.6 is 0 Å². The maximum Gasteiger partial charge on any atom is 0.416 e. The first kappa shape index (κ1) is 31.5. The van der Waals surface area contributed by atoms with Crippen molar-refractivity contribution in [2.75, 3.05) is 45.9 Å². The molecule has 3 aromatic carbocycles. The Bertz CT molecular complexity index is 1690. The Labute approximate surface area is 271 Å². The Morgan fingerprint density at radius 3 is 2.07 bits per heavy atom. The van der Waals surface area contributed by atoms with Crippen LogP contribution in [0.1, 0.15) is 48.7 Å². The Hall–Kier alpha value is -4.53. The highest BCUT2D eigenvalue weighted by Gasteiger charge is 2.24. The normalized spacial score (nSPS) is 13.6. The molecule has 0 aliphatic carbocycles. The number of unbranched alkanes of at least 4 members (excludes halogenated alkanes) is 1. The van der Waals surface area contributed by atoms with Crippen molar-refractivity contribution in [3.63, 3.8) is 0 Å². The average molecular weight is 618 g/mol. The number of carbonyl (C=O) groups excluding carboxylic acids is 1. The van der Waals surface area contributed by atoms with Crippen molar-refractivity contribution < 1.29 is 14.3 Å². The van der Waals surface area contributed by atoms with Crippen molar-refractivity contribution in [3.05, 3.63) is 120 Å². The topological polar surface area (TPSA) is 72.2 Å². The largest absolute Gasteiger partial charge is 0.416 e. The molecule has 1 aliphatic heterocycles. The first-order valence-electron chi connectivity index (χ1n) is 16.5. The van der Waals surface area contributed by atoms with Gasteiger partial charge in [0.05, 0.1) is 24.6 Å². The number of amides is 1. The molecule has 0 unspecified atom stereocenters. The van der Waals surface area contributed by atoms with Gasteiger partial charge in [0.2, 0.25) is 5.88 Å². The number of hydrogen-bond donors (Lipinski definition) is 0. The van der Waals surface area contributed by atoms with Crippen molar-refractivity contribution in [1.29, 1.82) is 0 Å². The van der Waals surface area contributed by atoms with Gasteiger partial charge in [0.1, 0.15) is 5.69 Å². The van der Waals surface area contributed by atoms with Crippen molar-refractivity contribution in [1.82, 2.24) is 24.2 Å². The third-order valence-electron chi connectivity index (χ3n) is 8.43. The number of aromatic nitrogens is 3. The van der Waals surface area contributed by atoms with Crippen molar-refractivity contribution in [2.45, 2.75) is 39.0 Å². The molecule has 238 valence electrons. The second kappa shape index (κ2) is 15.7. The summed E-state index contributed by atoms with van der Waals surface area (Å²) in [5, 5.41) is 0. The maximum atomic E-state index is 14.0. The molecule has 0 N–H and O–H groups in total. The number of ether oxygens (including phenoxy) is 2. The van der Waals surface area contributed by atoms with Gasteiger partial charge in [-0.3, -0.25) is 9.30 Å². The predicted octanol–water partition coefficient (Wildman–Crippen LogP) is 6.90. The molecule has 1 fully saturated rings. The van der Waals surface area contributed by atoms with E-state index in [0.717, 1.165) is 80.2 Å². The summed E-state index contributed by atoms with van der Waals surface area (Å²) in [5.41, 5.74) is 6.26. The third-order valence-corrected chi connectivity index (χ3v) is 8.43. The summed E-state index contributed by atoms with van der Waals surface area (Å²) in [4.78, 5) is 28.5. The van der Waals surface area contributed by atoms with Crippen LogP contribution < -0.4 is 4.74 Å². The molecule has 5 aromatic rings. The van der Waals surface area contributed by atoms with Crippen LogP contribution in [-0.4, -0.2) is 76.2 Å². The van der Waals surface area contributed by atoms with Gasteiger partial charge < -0.3 is 14.4 Å². The summed E-state index contributed by atoms with van der Waals surface area (Å²) >= 11 is 0. The quantitative estimate of drug-likeness (QED) is 0.143. The molecular weight excluding hydrogens is 574 g/mol. The predicted molar refractivity (Wildman–Crippen MR) is 181 cm³/mol. The van der Waals surface area contributed by atoms with Crippen LogP contribution in [0.5, 0.6) is 5.88 Å². The van der Waals surface area contributed by atoms with E-state index in [9.17, 15) is 4.79 Å². The summed E-state index contributed by atoms with van der Waals surface area (Å²) in [5.74, 6) is 0.451. The Morgan fingerprint density at radius 1 is 0.804 bits per heavy atom. The zero-order valence-corrected chi connectivity index (χ0v) is 26.7. The Kier molecular flexibility index (Phi) is 10.7. The number of rotatable bonds is 13. The summed E-state index contributed by atoms with van der Waals surface area (Å²) in [6, 6.07) is 30.6. The molecule has 3 heterocycles. The van der Waals surface area contributed by atoms with Crippen LogP contribution in [0.25, 0.3) is 16.9 Å². The number of nitrogens with zero attached hydrogens (tertiary/aromatic N) is 5. The zero-order chi connectivity index (χ0) is 31.6. The molecule has 1 saturated heterocycles. The second-order valence-corrected chi connectivity index (χ2v) is 11.8. The molecule has 6 rings (SSSR count). The SMILES string of the molecule is CCCCN(CCCN1CCOCC1)C(=O)Oc1c(Cc2ccccc2)nc2c(Cc3ccccc3)nc(-c3ccccc3)cn12. The molecule has 0 bridgehead atoms. The highest BCUT2D eigenvalue weighted by atomic mass is 16.6. The highest BCUT2D eigenvalue weighted by Crippen LogP contribution is 2.30. The van der Waals surface area contributed by atoms with Crippen LogP contribution in [0.2, 0.25) is 0 Å².